The highest BCUT2D eigenvalue weighted by atomic mass is 32.2. The van der Waals surface area contributed by atoms with Crippen LogP contribution in [-0.2, 0) is 12.1 Å². The van der Waals surface area contributed by atoms with Crippen molar-refractivity contribution in [2.24, 2.45) is 10.7 Å². The average molecular weight is 345 g/mol. The molecule has 3 N–H and O–H groups in total. The third kappa shape index (κ3) is 3.76. The van der Waals surface area contributed by atoms with Gasteiger partial charge in [-0.2, -0.15) is 0 Å². The topological polar surface area (TPSA) is 67.5 Å². The lowest BCUT2D eigenvalue weighted by Gasteiger charge is -2.30. The van der Waals surface area contributed by atoms with Crippen LogP contribution < -0.4 is 11.1 Å². The minimum absolute atomic E-state index is 0.0639. The molecule has 3 rings (SSSR count). The maximum absolute atomic E-state index is 12.4. The van der Waals surface area contributed by atoms with Crippen LogP contribution in [-0.4, -0.2) is 16.8 Å². The summed E-state index contributed by atoms with van der Waals surface area (Å²) >= 11 is 3.22. The number of carbonyl (C=O) groups is 1. The Morgan fingerprint density at radius 1 is 1.39 bits per heavy atom. The van der Waals surface area contributed by atoms with Crippen LogP contribution in [0.15, 0.2) is 46.8 Å². The first-order chi connectivity index (χ1) is 11.1. The fraction of sp³-hybridized carbons (Fsp3) is 0.294. The quantitative estimate of drug-likeness (QED) is 0.893. The van der Waals surface area contributed by atoms with Gasteiger partial charge < -0.3 is 11.1 Å². The van der Waals surface area contributed by atoms with Crippen LogP contribution in [0.2, 0.25) is 0 Å². The second-order valence-corrected chi connectivity index (χ2v) is 7.81. The second kappa shape index (κ2) is 6.76. The number of hydrogen-bond donors (Lipinski definition) is 2. The van der Waals surface area contributed by atoms with Crippen molar-refractivity contribution in [3.05, 3.63) is 57.8 Å². The molecular formula is C17H19N3OS2. The highest BCUT2D eigenvalue weighted by molar-refractivity contribution is 8.13. The van der Waals surface area contributed by atoms with Crippen molar-refractivity contribution in [3.63, 3.8) is 0 Å². The molecule has 0 radical (unpaired) electrons. The van der Waals surface area contributed by atoms with Gasteiger partial charge in [-0.15, -0.1) is 11.3 Å². The van der Waals surface area contributed by atoms with Crippen molar-refractivity contribution in [1.82, 2.24) is 5.32 Å². The Morgan fingerprint density at radius 3 is 3.00 bits per heavy atom. The van der Waals surface area contributed by atoms with Crippen LogP contribution in [0.5, 0.6) is 0 Å². The molecular weight excluding hydrogens is 326 g/mol. The van der Waals surface area contributed by atoms with Crippen LogP contribution in [0.3, 0.4) is 0 Å². The lowest BCUT2D eigenvalue weighted by Crippen LogP contribution is -2.29. The fourth-order valence-electron chi connectivity index (χ4n) is 2.57. The molecule has 0 bridgehead atoms. The maximum Gasteiger partial charge on any atom is 0.251 e. The van der Waals surface area contributed by atoms with Gasteiger partial charge in [0.25, 0.3) is 5.91 Å². The van der Waals surface area contributed by atoms with E-state index in [2.05, 4.69) is 17.2 Å². The number of thioether (sulfide) groups is 1. The number of nitrogens with one attached hydrogen (secondary N) is 1. The number of hydrogen-bond acceptors (Lipinski definition) is 5. The van der Waals surface area contributed by atoms with Gasteiger partial charge in [0.05, 0.1) is 12.1 Å². The third-order valence-electron chi connectivity index (χ3n) is 3.95. The molecule has 1 aliphatic rings. The molecule has 2 aromatic rings. The number of amidine groups is 1. The van der Waals surface area contributed by atoms with Crippen molar-refractivity contribution in [2.45, 2.75) is 25.4 Å². The number of thiophene rings is 1. The lowest BCUT2D eigenvalue weighted by molar-refractivity contribution is 0.0951. The molecule has 6 heteroatoms. The Kier molecular flexibility index (Phi) is 4.73. The van der Waals surface area contributed by atoms with Crippen molar-refractivity contribution in [3.8, 4) is 0 Å². The highest BCUT2D eigenvalue weighted by Crippen LogP contribution is 2.35. The molecule has 1 aromatic heterocycles. The van der Waals surface area contributed by atoms with E-state index in [1.165, 1.54) is 0 Å². The summed E-state index contributed by atoms with van der Waals surface area (Å²) in [5, 5.41) is 5.58. The molecule has 1 atom stereocenters. The van der Waals surface area contributed by atoms with Crippen LogP contribution in [0.4, 0.5) is 0 Å². The first-order valence-electron chi connectivity index (χ1n) is 7.46. The number of benzene rings is 1. The smallest absolute Gasteiger partial charge is 0.251 e. The molecule has 0 aliphatic carbocycles. The molecule has 4 nitrogen and oxygen atoms in total. The van der Waals surface area contributed by atoms with E-state index in [-0.39, 0.29) is 11.4 Å². The molecule has 2 heterocycles. The van der Waals surface area contributed by atoms with Gasteiger partial charge >= 0.3 is 0 Å². The van der Waals surface area contributed by atoms with E-state index < -0.39 is 0 Å². The molecule has 1 aliphatic heterocycles. The third-order valence-corrected chi connectivity index (χ3v) is 5.62. The van der Waals surface area contributed by atoms with E-state index in [0.717, 1.165) is 22.6 Å². The first-order valence-corrected chi connectivity index (χ1v) is 9.33. The number of rotatable bonds is 4. The zero-order chi connectivity index (χ0) is 16.3. The van der Waals surface area contributed by atoms with E-state index in [1.807, 2.05) is 41.8 Å². The summed E-state index contributed by atoms with van der Waals surface area (Å²) < 4.78 is 0. The van der Waals surface area contributed by atoms with Gasteiger partial charge in [-0.3, -0.25) is 9.79 Å². The molecule has 1 amide bonds. The monoisotopic (exact) mass is 345 g/mol. The van der Waals surface area contributed by atoms with Gasteiger partial charge in [0.2, 0.25) is 0 Å². The summed E-state index contributed by atoms with van der Waals surface area (Å²) in [4.78, 5) is 18.1. The maximum atomic E-state index is 12.4. The van der Waals surface area contributed by atoms with E-state index in [9.17, 15) is 4.79 Å². The van der Waals surface area contributed by atoms with Crippen LogP contribution in [0, 0.1) is 0 Å². The summed E-state index contributed by atoms with van der Waals surface area (Å²) in [7, 11) is 0. The van der Waals surface area contributed by atoms with E-state index in [1.54, 1.807) is 23.1 Å². The molecule has 0 saturated heterocycles. The molecule has 0 saturated carbocycles. The Labute approximate surface area is 144 Å². The average Bonchev–Trinajstić information content (AvgIpc) is 3.06. The zero-order valence-electron chi connectivity index (χ0n) is 12.9. The van der Waals surface area contributed by atoms with Crippen molar-refractivity contribution < 1.29 is 4.79 Å². The minimum atomic E-state index is -0.348. The Balaban J connectivity index is 1.77. The normalized spacial score (nSPS) is 20.8. The molecule has 23 heavy (non-hydrogen) atoms. The summed E-state index contributed by atoms with van der Waals surface area (Å²) in [5.74, 6) is 0.881. The SMILES string of the molecule is CC1(c2cccc(C(=O)NCc3cccs3)c2)CCSC(N)=N1. The molecule has 0 spiro atoms. The molecule has 1 aromatic carbocycles. The summed E-state index contributed by atoms with van der Waals surface area (Å²) in [6.07, 6.45) is 0.915. The largest absolute Gasteiger partial charge is 0.379 e. The summed E-state index contributed by atoms with van der Waals surface area (Å²) in [6.45, 7) is 2.63. The first kappa shape index (κ1) is 16.1. The Hall–Kier alpha value is -1.79. The van der Waals surface area contributed by atoms with Gasteiger partial charge in [-0.1, -0.05) is 30.0 Å². The van der Waals surface area contributed by atoms with Crippen LogP contribution in [0.25, 0.3) is 0 Å². The van der Waals surface area contributed by atoms with E-state index >= 15 is 0 Å². The fourth-order valence-corrected chi connectivity index (χ4v) is 4.19. The molecule has 120 valence electrons. The summed E-state index contributed by atoms with van der Waals surface area (Å²) in [5.41, 5.74) is 7.23. The number of amides is 1. The predicted octanol–water partition coefficient (Wildman–Crippen LogP) is 3.34. The van der Waals surface area contributed by atoms with E-state index in [0.29, 0.717) is 17.3 Å². The van der Waals surface area contributed by atoms with Crippen molar-refractivity contribution >= 4 is 34.2 Å². The van der Waals surface area contributed by atoms with Gasteiger partial charge in [0.1, 0.15) is 0 Å². The van der Waals surface area contributed by atoms with Crippen LogP contribution >= 0.6 is 23.1 Å². The minimum Gasteiger partial charge on any atom is -0.379 e. The van der Waals surface area contributed by atoms with Gasteiger partial charge in [-0.25, -0.2) is 0 Å². The number of aliphatic imine (C=N–C) groups is 1. The summed E-state index contributed by atoms with van der Waals surface area (Å²) in [6, 6.07) is 11.7. The predicted molar refractivity (Wildman–Crippen MR) is 98.0 cm³/mol. The van der Waals surface area contributed by atoms with Crippen LogP contribution in [0.1, 0.15) is 34.1 Å². The zero-order valence-corrected chi connectivity index (χ0v) is 14.5. The highest BCUT2D eigenvalue weighted by Gasteiger charge is 2.29. The standard InChI is InChI=1S/C17H19N3OS2/c1-17(7-9-23-16(18)20-17)13-5-2-4-12(10-13)15(21)19-11-14-6-3-8-22-14/h2-6,8,10H,7,9,11H2,1H3,(H2,18,20)(H,19,21). The van der Waals surface area contributed by atoms with Gasteiger partial charge in [0, 0.05) is 16.2 Å². The number of nitrogens with two attached hydrogens (primary N) is 1. The molecule has 1 unspecified atom stereocenters. The number of nitrogens with zero attached hydrogens (tertiary/aromatic N) is 1. The van der Waals surface area contributed by atoms with E-state index in [4.69, 9.17) is 5.73 Å². The Bertz CT molecular complexity index is 727. The second-order valence-electron chi connectivity index (χ2n) is 5.67. The lowest BCUT2D eigenvalue weighted by atomic mass is 9.88. The van der Waals surface area contributed by atoms with Crippen molar-refractivity contribution in [2.75, 3.05) is 5.75 Å². The van der Waals surface area contributed by atoms with Crippen molar-refractivity contribution in [1.29, 1.82) is 0 Å². The van der Waals surface area contributed by atoms with Gasteiger partial charge in [0.15, 0.2) is 5.17 Å². The van der Waals surface area contributed by atoms with Gasteiger partial charge in [-0.05, 0) is 42.5 Å². The Morgan fingerprint density at radius 2 is 2.26 bits per heavy atom. The molecule has 0 fully saturated rings. The number of carbonyl (C=O) groups excluding carboxylic acids is 1.